The first-order valence-corrected chi connectivity index (χ1v) is 20.8. The van der Waals surface area contributed by atoms with E-state index in [1.165, 1.54) is 10.8 Å². The van der Waals surface area contributed by atoms with Crippen molar-refractivity contribution in [1.29, 1.82) is 0 Å². The lowest BCUT2D eigenvalue weighted by Gasteiger charge is -2.15. The second-order valence-corrected chi connectivity index (χ2v) is 15.6. The summed E-state index contributed by atoms with van der Waals surface area (Å²) in [6, 6.07) is 71.8. The minimum atomic E-state index is 0.624. The highest BCUT2D eigenvalue weighted by Gasteiger charge is 2.27. The lowest BCUT2D eigenvalue weighted by molar-refractivity contribution is 1.07. The van der Waals surface area contributed by atoms with Crippen molar-refractivity contribution in [3.05, 3.63) is 212 Å². The molecule has 0 saturated carbocycles. The minimum Gasteiger partial charge on any atom is -0.307 e. The molecule has 0 aliphatic heterocycles. The van der Waals surface area contributed by atoms with E-state index in [0.29, 0.717) is 17.5 Å². The summed E-state index contributed by atoms with van der Waals surface area (Å²) >= 11 is 0. The van der Waals surface area contributed by atoms with Gasteiger partial charge >= 0.3 is 0 Å². The van der Waals surface area contributed by atoms with Gasteiger partial charge in [0.25, 0.3) is 0 Å². The molecular weight excluding hydrogens is 759 g/mol. The molecule has 0 fully saturated rings. The van der Waals surface area contributed by atoms with Gasteiger partial charge in [0.05, 0.1) is 16.6 Å². The molecule has 0 bridgehead atoms. The molecule has 7 nitrogen and oxygen atoms in total. The Hall–Kier alpha value is -8.42. The van der Waals surface area contributed by atoms with E-state index in [9.17, 15) is 0 Å². The van der Waals surface area contributed by atoms with E-state index in [0.717, 1.165) is 83.8 Å². The second-order valence-electron chi connectivity index (χ2n) is 15.6. The molecule has 0 aliphatic rings. The van der Waals surface area contributed by atoms with Gasteiger partial charge in [-0.3, -0.25) is 9.13 Å². The smallest absolute Gasteiger partial charge is 0.165 e. The molecule has 12 rings (SSSR count). The van der Waals surface area contributed by atoms with Crippen LogP contribution in [-0.4, -0.2) is 33.6 Å². The molecule has 0 aliphatic carbocycles. The number of aromatic nitrogens is 7. The quantitative estimate of drug-likeness (QED) is 0.161. The Balaban J connectivity index is 1.14. The van der Waals surface area contributed by atoms with Crippen LogP contribution in [0.3, 0.4) is 0 Å². The van der Waals surface area contributed by atoms with Gasteiger partial charge in [-0.1, -0.05) is 152 Å². The molecule has 8 aromatic carbocycles. The van der Waals surface area contributed by atoms with Gasteiger partial charge in [-0.25, -0.2) is 19.9 Å². The zero-order chi connectivity index (χ0) is 41.1. The maximum absolute atomic E-state index is 5.55. The van der Waals surface area contributed by atoms with Gasteiger partial charge in [-0.05, 0) is 67.1 Å². The van der Waals surface area contributed by atoms with Gasteiger partial charge in [0.1, 0.15) is 11.3 Å². The minimum absolute atomic E-state index is 0.624. The molecular formula is C55H37N7. The number of nitrogens with zero attached hydrogens (tertiary/aromatic N) is 7. The number of hydrogen-bond donors (Lipinski definition) is 0. The monoisotopic (exact) mass is 795 g/mol. The van der Waals surface area contributed by atoms with Crippen molar-refractivity contribution in [1.82, 2.24) is 33.6 Å². The van der Waals surface area contributed by atoms with E-state index in [1.54, 1.807) is 0 Å². The zero-order valence-corrected chi connectivity index (χ0v) is 33.8. The van der Waals surface area contributed by atoms with E-state index in [1.807, 2.05) is 60.7 Å². The summed E-state index contributed by atoms with van der Waals surface area (Å²) in [6.45, 7) is 2.18. The first-order chi connectivity index (χ1) is 30.7. The lowest BCUT2D eigenvalue weighted by atomic mass is 10.1. The Morgan fingerprint density at radius 2 is 0.823 bits per heavy atom. The molecule has 0 saturated heterocycles. The fourth-order valence-corrected chi connectivity index (χ4v) is 9.04. The first kappa shape index (κ1) is 35.5. The molecule has 62 heavy (non-hydrogen) atoms. The molecule has 12 aromatic rings. The van der Waals surface area contributed by atoms with Crippen molar-refractivity contribution in [2.75, 3.05) is 0 Å². The van der Waals surface area contributed by atoms with E-state index < -0.39 is 0 Å². The standard InChI is InChI=1S/C55H37N7/c1-36-35-40(53-57-51(37-19-7-2-8-20-37)56-52(58-53)38-21-9-3-10-22-38)31-34-46(36)62-47-30-18-17-29-43(47)44-32-33-45-49(48(44)62)60(41-25-13-5-14-26-41)55-50(45)61(42-27-15-6-16-28-42)54(59-55)39-23-11-4-12-24-39/h2-35H,1H3. The first-order valence-electron chi connectivity index (χ1n) is 20.8. The zero-order valence-electron chi connectivity index (χ0n) is 33.8. The van der Waals surface area contributed by atoms with Crippen LogP contribution in [0.2, 0.25) is 0 Å². The Labute approximate surface area is 357 Å². The molecule has 7 heteroatoms. The number of imidazole rings is 1. The van der Waals surface area contributed by atoms with Crippen molar-refractivity contribution in [3.8, 4) is 62.6 Å². The van der Waals surface area contributed by atoms with Crippen molar-refractivity contribution in [2.45, 2.75) is 6.92 Å². The van der Waals surface area contributed by atoms with Crippen LogP contribution in [0.5, 0.6) is 0 Å². The molecule has 0 N–H and O–H groups in total. The normalized spacial score (nSPS) is 11.6. The van der Waals surface area contributed by atoms with Crippen LogP contribution in [0.15, 0.2) is 206 Å². The topological polar surface area (TPSA) is 66.3 Å². The number of fused-ring (bicyclic) bond motifs is 7. The summed E-state index contributed by atoms with van der Waals surface area (Å²) in [7, 11) is 0. The van der Waals surface area contributed by atoms with Gasteiger partial charge < -0.3 is 4.57 Å². The Bertz CT molecular complexity index is 3550. The van der Waals surface area contributed by atoms with Crippen LogP contribution >= 0.6 is 0 Å². The van der Waals surface area contributed by atoms with Gasteiger partial charge in [-0.15, -0.1) is 0 Å². The molecule has 0 amide bonds. The van der Waals surface area contributed by atoms with Gasteiger partial charge in [0.2, 0.25) is 0 Å². The summed E-state index contributed by atoms with van der Waals surface area (Å²) in [6.07, 6.45) is 0. The van der Waals surface area contributed by atoms with E-state index >= 15 is 0 Å². The van der Waals surface area contributed by atoms with Crippen LogP contribution < -0.4 is 0 Å². The summed E-state index contributed by atoms with van der Waals surface area (Å²) in [4.78, 5) is 20.6. The van der Waals surface area contributed by atoms with Crippen LogP contribution in [0, 0.1) is 6.92 Å². The predicted octanol–water partition coefficient (Wildman–Crippen LogP) is 13.2. The van der Waals surface area contributed by atoms with Crippen LogP contribution in [0.4, 0.5) is 0 Å². The fraction of sp³-hybridized carbons (Fsp3) is 0.0182. The van der Waals surface area contributed by atoms with E-state index in [-0.39, 0.29) is 0 Å². The maximum Gasteiger partial charge on any atom is 0.165 e. The summed E-state index contributed by atoms with van der Waals surface area (Å²) in [5, 5.41) is 3.46. The van der Waals surface area contributed by atoms with E-state index in [2.05, 4.69) is 166 Å². The van der Waals surface area contributed by atoms with E-state index in [4.69, 9.17) is 19.9 Å². The maximum atomic E-state index is 5.55. The number of para-hydroxylation sites is 3. The van der Waals surface area contributed by atoms with Gasteiger partial charge in [-0.2, -0.15) is 0 Å². The third-order valence-electron chi connectivity index (χ3n) is 11.8. The Morgan fingerprint density at radius 3 is 1.42 bits per heavy atom. The number of hydrogen-bond acceptors (Lipinski definition) is 4. The van der Waals surface area contributed by atoms with Crippen LogP contribution in [0.1, 0.15) is 5.56 Å². The highest BCUT2D eigenvalue weighted by Crippen LogP contribution is 2.44. The highest BCUT2D eigenvalue weighted by atomic mass is 15.2. The van der Waals surface area contributed by atoms with Crippen molar-refractivity contribution in [3.63, 3.8) is 0 Å². The average molecular weight is 796 g/mol. The van der Waals surface area contributed by atoms with Gasteiger partial charge in [0.15, 0.2) is 23.1 Å². The lowest BCUT2D eigenvalue weighted by Crippen LogP contribution is -2.03. The predicted molar refractivity (Wildman–Crippen MR) is 252 cm³/mol. The average Bonchev–Trinajstić information content (AvgIpc) is 4.00. The highest BCUT2D eigenvalue weighted by molar-refractivity contribution is 6.23. The molecule has 0 spiro atoms. The summed E-state index contributed by atoms with van der Waals surface area (Å²) in [5.41, 5.74) is 13.4. The van der Waals surface area contributed by atoms with Gasteiger partial charge in [0, 0.05) is 55.5 Å². The number of benzene rings is 8. The van der Waals surface area contributed by atoms with Crippen LogP contribution in [-0.2, 0) is 0 Å². The Kier molecular flexibility index (Phi) is 8.25. The SMILES string of the molecule is Cc1cc(-c2nc(-c3ccccc3)nc(-c3ccccc3)n2)ccc1-n1c2ccccc2c2ccc3c4c(nc(-c5ccccc5)n4-c4ccccc4)n(-c4ccccc4)c3c21. The summed E-state index contributed by atoms with van der Waals surface area (Å²) in [5.74, 6) is 2.79. The number of rotatable bonds is 7. The molecule has 0 radical (unpaired) electrons. The summed E-state index contributed by atoms with van der Waals surface area (Å²) < 4.78 is 7.13. The van der Waals surface area contributed by atoms with Crippen molar-refractivity contribution < 1.29 is 0 Å². The Morgan fingerprint density at radius 1 is 0.339 bits per heavy atom. The van der Waals surface area contributed by atoms with Crippen molar-refractivity contribution >= 4 is 43.9 Å². The molecule has 0 unspecified atom stereocenters. The fourth-order valence-electron chi connectivity index (χ4n) is 9.04. The molecule has 4 heterocycles. The molecule has 292 valence electrons. The molecule has 4 aromatic heterocycles. The third-order valence-corrected chi connectivity index (χ3v) is 11.8. The third kappa shape index (κ3) is 5.67. The largest absolute Gasteiger partial charge is 0.307 e. The van der Waals surface area contributed by atoms with Crippen LogP contribution in [0.25, 0.3) is 106 Å². The number of aryl methyl sites for hydroxylation is 1. The van der Waals surface area contributed by atoms with Crippen molar-refractivity contribution in [2.24, 2.45) is 0 Å². The second kappa shape index (κ2) is 14.4. The molecule has 0 atom stereocenters.